The number of halogens is 1. The zero-order valence-corrected chi connectivity index (χ0v) is 19.7. The Balaban J connectivity index is 1.74. The van der Waals surface area contributed by atoms with Crippen molar-refractivity contribution in [2.24, 2.45) is 0 Å². The van der Waals surface area contributed by atoms with Crippen molar-refractivity contribution in [1.82, 2.24) is 9.88 Å². The lowest BCUT2D eigenvalue weighted by Crippen LogP contribution is -2.54. The number of hydrogen-bond donors (Lipinski definition) is 1. The molecular formula is C23H24BrN3O2S. The summed E-state index contributed by atoms with van der Waals surface area (Å²) in [6, 6.07) is 8.16. The number of amides is 2. The van der Waals surface area contributed by atoms with Crippen molar-refractivity contribution < 1.29 is 9.59 Å². The molecule has 1 aromatic heterocycles. The van der Waals surface area contributed by atoms with E-state index in [2.05, 4.69) is 45.7 Å². The average molecular weight is 486 g/mol. The number of carbonyl (C=O) groups excluding carboxylic acids is 2. The molecule has 2 aliphatic rings. The van der Waals surface area contributed by atoms with E-state index in [-0.39, 0.29) is 10.7 Å². The summed E-state index contributed by atoms with van der Waals surface area (Å²) in [7, 11) is 0. The zero-order chi connectivity index (χ0) is 21.6. The number of benzene rings is 1. The van der Waals surface area contributed by atoms with Crippen LogP contribution in [-0.2, 0) is 9.59 Å². The summed E-state index contributed by atoms with van der Waals surface area (Å²) in [5.74, 6) is -0.860. The van der Waals surface area contributed by atoms with Gasteiger partial charge in [0.2, 0.25) is 0 Å². The number of carbonyl (C=O) groups is 2. The lowest BCUT2D eigenvalue weighted by Gasteiger charge is -2.30. The Labute approximate surface area is 190 Å². The lowest BCUT2D eigenvalue weighted by molar-refractivity contribution is -0.122. The number of rotatable bonds is 3. The van der Waals surface area contributed by atoms with Crippen LogP contribution in [0, 0.1) is 20.8 Å². The highest BCUT2D eigenvalue weighted by Crippen LogP contribution is 2.34. The fourth-order valence-electron chi connectivity index (χ4n) is 4.57. The Morgan fingerprint density at radius 3 is 2.50 bits per heavy atom. The van der Waals surface area contributed by atoms with Crippen molar-refractivity contribution in [1.29, 1.82) is 0 Å². The molecule has 4 rings (SSSR count). The third-order valence-electron chi connectivity index (χ3n) is 6.01. The monoisotopic (exact) mass is 485 g/mol. The largest absolute Gasteiger partial charge is 0.346 e. The Bertz CT molecular complexity index is 1100. The molecule has 5 nitrogen and oxygen atoms in total. The number of hydrogen-bond acceptors (Lipinski definition) is 3. The normalized spacial score (nSPS) is 19.1. The molecule has 0 bridgehead atoms. The molecule has 30 heavy (non-hydrogen) atoms. The molecule has 1 aliphatic heterocycles. The summed E-state index contributed by atoms with van der Waals surface area (Å²) in [4.78, 5) is 27.4. The van der Waals surface area contributed by atoms with Gasteiger partial charge in [0.1, 0.15) is 5.57 Å². The second-order valence-electron chi connectivity index (χ2n) is 8.02. The second-order valence-corrected chi connectivity index (χ2v) is 9.33. The van der Waals surface area contributed by atoms with Crippen LogP contribution in [0.1, 0.15) is 54.2 Å². The fourth-order valence-corrected chi connectivity index (χ4v) is 5.32. The first-order valence-electron chi connectivity index (χ1n) is 10.1. The number of nitrogens with zero attached hydrogens (tertiary/aromatic N) is 2. The van der Waals surface area contributed by atoms with E-state index in [9.17, 15) is 9.59 Å². The van der Waals surface area contributed by atoms with E-state index in [0.717, 1.165) is 27.0 Å². The smallest absolute Gasteiger partial charge is 0.270 e. The molecule has 1 saturated carbocycles. The van der Waals surface area contributed by atoms with Crippen molar-refractivity contribution >= 4 is 56.8 Å². The van der Waals surface area contributed by atoms with Crippen LogP contribution in [0.25, 0.3) is 6.08 Å². The van der Waals surface area contributed by atoms with Gasteiger partial charge >= 0.3 is 0 Å². The standard InChI is InChI=1S/C23H24BrN3O2S/c1-13-10-17(24)8-9-20(13)27-22(29)19(21(28)25-23(27)30)12-16-11-14(2)26(15(16)3)18-6-4-5-7-18/h8-12,18H,4-7H2,1-3H3,(H,25,28,30)/b19-12+. The van der Waals surface area contributed by atoms with Gasteiger partial charge in [-0.25, -0.2) is 0 Å². The Morgan fingerprint density at radius 1 is 1.13 bits per heavy atom. The topological polar surface area (TPSA) is 54.3 Å². The van der Waals surface area contributed by atoms with E-state index in [4.69, 9.17) is 12.2 Å². The van der Waals surface area contributed by atoms with E-state index in [0.29, 0.717) is 11.7 Å². The predicted octanol–water partition coefficient (Wildman–Crippen LogP) is 5.12. The first kappa shape index (κ1) is 21.0. The highest BCUT2D eigenvalue weighted by Gasteiger charge is 2.35. The highest BCUT2D eigenvalue weighted by atomic mass is 79.9. The number of anilines is 1. The maximum absolute atomic E-state index is 13.3. The molecule has 0 spiro atoms. The van der Waals surface area contributed by atoms with E-state index in [1.165, 1.54) is 30.6 Å². The van der Waals surface area contributed by atoms with Crippen LogP contribution >= 0.6 is 28.1 Å². The van der Waals surface area contributed by atoms with Crippen molar-refractivity contribution in [3.05, 3.63) is 56.8 Å². The van der Waals surface area contributed by atoms with Crippen LogP contribution < -0.4 is 10.2 Å². The van der Waals surface area contributed by atoms with Crippen LogP contribution in [0.2, 0.25) is 0 Å². The summed E-state index contributed by atoms with van der Waals surface area (Å²) in [5, 5.41) is 2.78. The van der Waals surface area contributed by atoms with Crippen molar-refractivity contribution in [2.45, 2.75) is 52.5 Å². The van der Waals surface area contributed by atoms with Crippen LogP contribution in [0.15, 0.2) is 34.3 Å². The molecule has 2 aromatic rings. The van der Waals surface area contributed by atoms with Crippen molar-refractivity contribution in [3.8, 4) is 0 Å². The van der Waals surface area contributed by atoms with Crippen molar-refractivity contribution in [3.63, 3.8) is 0 Å². The summed E-state index contributed by atoms with van der Waals surface area (Å²) in [6.07, 6.45) is 6.55. The van der Waals surface area contributed by atoms with Crippen LogP contribution in [-0.4, -0.2) is 21.5 Å². The van der Waals surface area contributed by atoms with Gasteiger partial charge in [0.25, 0.3) is 11.8 Å². The number of nitrogens with one attached hydrogen (secondary N) is 1. The number of aromatic nitrogens is 1. The van der Waals surface area contributed by atoms with Gasteiger partial charge in [0.15, 0.2) is 5.11 Å². The third-order valence-corrected chi connectivity index (χ3v) is 6.79. The molecule has 2 amide bonds. The first-order chi connectivity index (χ1) is 14.3. The minimum absolute atomic E-state index is 0.0950. The summed E-state index contributed by atoms with van der Waals surface area (Å²) in [6.45, 7) is 6.05. The molecule has 2 fully saturated rings. The zero-order valence-electron chi connectivity index (χ0n) is 17.3. The molecule has 0 atom stereocenters. The molecule has 1 N–H and O–H groups in total. The van der Waals surface area contributed by atoms with Gasteiger partial charge in [-0.1, -0.05) is 28.8 Å². The van der Waals surface area contributed by atoms with E-state index in [1.54, 1.807) is 6.08 Å². The molecule has 1 aromatic carbocycles. The van der Waals surface area contributed by atoms with Gasteiger partial charge in [0.05, 0.1) is 5.69 Å². The van der Waals surface area contributed by atoms with Gasteiger partial charge < -0.3 is 4.57 Å². The molecule has 2 heterocycles. The molecule has 1 saturated heterocycles. The van der Waals surface area contributed by atoms with Gasteiger partial charge in [-0.3, -0.25) is 19.8 Å². The second kappa shape index (κ2) is 8.12. The summed E-state index contributed by atoms with van der Waals surface area (Å²) < 4.78 is 3.27. The molecule has 1 aliphatic carbocycles. The van der Waals surface area contributed by atoms with Gasteiger partial charge in [-0.15, -0.1) is 0 Å². The van der Waals surface area contributed by atoms with Crippen molar-refractivity contribution in [2.75, 3.05) is 4.90 Å². The summed E-state index contributed by atoms with van der Waals surface area (Å²) >= 11 is 8.77. The number of aryl methyl sites for hydroxylation is 2. The van der Waals surface area contributed by atoms with Gasteiger partial charge in [-0.05, 0) is 87.3 Å². The minimum Gasteiger partial charge on any atom is -0.346 e. The predicted molar refractivity (Wildman–Crippen MR) is 126 cm³/mol. The maximum atomic E-state index is 13.3. The minimum atomic E-state index is -0.457. The Morgan fingerprint density at radius 2 is 1.83 bits per heavy atom. The maximum Gasteiger partial charge on any atom is 0.270 e. The summed E-state index contributed by atoms with van der Waals surface area (Å²) in [5.41, 5.74) is 4.79. The highest BCUT2D eigenvalue weighted by molar-refractivity contribution is 9.10. The molecular weight excluding hydrogens is 462 g/mol. The van der Waals surface area contributed by atoms with Crippen LogP contribution in [0.5, 0.6) is 0 Å². The third kappa shape index (κ3) is 3.65. The molecule has 0 unspecified atom stereocenters. The average Bonchev–Trinajstić information content (AvgIpc) is 3.28. The first-order valence-corrected chi connectivity index (χ1v) is 11.3. The van der Waals surface area contributed by atoms with E-state index >= 15 is 0 Å². The van der Waals surface area contributed by atoms with Gasteiger partial charge in [-0.2, -0.15) is 0 Å². The number of thiocarbonyl (C=S) groups is 1. The molecule has 156 valence electrons. The molecule has 7 heteroatoms. The fraction of sp³-hybridized carbons (Fsp3) is 0.348. The molecule has 0 radical (unpaired) electrons. The Kier molecular flexibility index (Phi) is 5.68. The quantitative estimate of drug-likeness (QED) is 0.372. The van der Waals surface area contributed by atoms with Gasteiger partial charge in [0, 0.05) is 21.9 Å². The SMILES string of the molecule is Cc1cc(Br)ccc1N1C(=O)/C(=C/c2cc(C)n(C3CCCC3)c2C)C(=O)NC1=S. The lowest BCUT2D eigenvalue weighted by atomic mass is 10.1. The van der Waals surface area contributed by atoms with E-state index < -0.39 is 11.8 Å². The van der Waals surface area contributed by atoms with Crippen LogP contribution in [0.3, 0.4) is 0 Å². The van der Waals surface area contributed by atoms with Crippen LogP contribution in [0.4, 0.5) is 5.69 Å². The Hall–Kier alpha value is -2.25. The van der Waals surface area contributed by atoms with E-state index in [1.807, 2.05) is 25.1 Å².